The van der Waals surface area contributed by atoms with Gasteiger partial charge >= 0.3 is 18.3 Å². The van der Waals surface area contributed by atoms with Crippen LogP contribution in [-0.2, 0) is 23.7 Å². The third kappa shape index (κ3) is 9.96. The molecular formula is C49H57ClF4N6O6Si. The number of carboxylic acid groups (broad SMARTS) is 1. The van der Waals surface area contributed by atoms with E-state index in [1.54, 1.807) is 38.5 Å². The Labute approximate surface area is 394 Å². The highest BCUT2D eigenvalue weighted by atomic mass is 35.5. The zero-order valence-corrected chi connectivity index (χ0v) is 40.8. The number of piperazine rings is 1. The summed E-state index contributed by atoms with van der Waals surface area (Å²) in [6.07, 6.45) is -3.05. The fraction of sp³-hybridized carbons (Fsp3) is 0.469. The molecular weight excluding hydrogens is 908 g/mol. The van der Waals surface area contributed by atoms with Gasteiger partial charge in [0.1, 0.15) is 28.7 Å². The average molecular weight is 966 g/mol. The largest absolute Gasteiger partial charge is 0.497 e. The van der Waals surface area contributed by atoms with Gasteiger partial charge in [-0.05, 0) is 104 Å². The lowest BCUT2D eigenvalue weighted by Gasteiger charge is -2.40. The summed E-state index contributed by atoms with van der Waals surface area (Å²) in [5, 5.41) is 9.83. The minimum absolute atomic E-state index is 0.00879. The molecule has 3 fully saturated rings. The summed E-state index contributed by atoms with van der Waals surface area (Å²) in [5.74, 6) is 0.538. The third-order valence-corrected chi connectivity index (χ3v) is 18.7. The number of fused-ring (bicyclic) bond motifs is 3. The number of aryl methyl sites for hydroxylation is 1. The van der Waals surface area contributed by atoms with E-state index in [0.29, 0.717) is 30.9 Å². The molecule has 2 saturated heterocycles. The summed E-state index contributed by atoms with van der Waals surface area (Å²) in [4.78, 5) is 31.4. The number of amides is 1. The van der Waals surface area contributed by atoms with E-state index in [2.05, 4.69) is 43.8 Å². The highest BCUT2D eigenvalue weighted by molar-refractivity contribution is 6.74. The maximum absolute atomic E-state index is 17.8. The second-order valence-electron chi connectivity index (χ2n) is 19.7. The van der Waals surface area contributed by atoms with Crippen LogP contribution >= 0.6 is 11.6 Å². The Morgan fingerprint density at radius 3 is 1.96 bits per heavy atom. The molecule has 2 bridgehead atoms. The SMILES string of the molecule is COc1ccc(CN(Cc2ccc(OC)cc2)c2cc(C)c(C(F)(F)F)c(-c3c(Cl)cc4c(N5CC6CCC(C5)N6C(=O)O)nc(OCC5(CO[Si](C)(C)C(C)(C)C)CC5)nc4c3F)n2)cc1. The number of pyridine rings is 1. The number of benzene rings is 3. The summed E-state index contributed by atoms with van der Waals surface area (Å²) in [6.45, 7) is 13.8. The number of anilines is 2. The first-order chi connectivity index (χ1) is 31.6. The summed E-state index contributed by atoms with van der Waals surface area (Å²) in [6, 6.07) is 16.5. The fourth-order valence-corrected chi connectivity index (χ4v) is 10.2. The molecule has 1 aliphatic carbocycles. The van der Waals surface area contributed by atoms with Crippen molar-refractivity contribution in [1.29, 1.82) is 0 Å². The normalized spacial score (nSPS) is 18.0. The Morgan fingerprint density at radius 1 is 0.896 bits per heavy atom. The fourth-order valence-electron chi connectivity index (χ4n) is 8.82. The van der Waals surface area contributed by atoms with Crippen LogP contribution in [0, 0.1) is 18.2 Å². The number of carbonyl (C=O) groups is 1. The number of hydrogen-bond acceptors (Lipinski definition) is 10. The van der Waals surface area contributed by atoms with E-state index in [1.807, 2.05) is 34.1 Å². The first-order valence-electron chi connectivity index (χ1n) is 22.4. The maximum Gasteiger partial charge on any atom is 0.418 e. The Hall–Kier alpha value is -5.39. The summed E-state index contributed by atoms with van der Waals surface area (Å²) in [5.41, 5.74) is -1.58. The summed E-state index contributed by atoms with van der Waals surface area (Å²) >= 11 is 7.00. The summed E-state index contributed by atoms with van der Waals surface area (Å²) < 4.78 is 87.5. The number of rotatable bonds is 15. The summed E-state index contributed by atoms with van der Waals surface area (Å²) in [7, 11) is 1.01. The van der Waals surface area contributed by atoms with Gasteiger partial charge in [0.05, 0.1) is 54.8 Å². The number of nitrogens with zero attached hydrogens (tertiary/aromatic N) is 6. The van der Waals surface area contributed by atoms with E-state index in [0.717, 1.165) is 24.0 Å². The van der Waals surface area contributed by atoms with Crippen molar-refractivity contribution in [3.05, 3.63) is 93.8 Å². The lowest BCUT2D eigenvalue weighted by atomic mass is 9.98. The highest BCUT2D eigenvalue weighted by Gasteiger charge is 2.48. The van der Waals surface area contributed by atoms with Crippen LogP contribution in [0.15, 0.2) is 60.7 Å². The van der Waals surface area contributed by atoms with Crippen LogP contribution in [0.1, 0.15) is 68.7 Å². The molecule has 1 N–H and O–H groups in total. The minimum atomic E-state index is -4.97. The molecule has 3 aromatic carbocycles. The molecule has 1 amide bonds. The third-order valence-electron chi connectivity index (χ3n) is 14.0. The van der Waals surface area contributed by atoms with Crippen molar-refractivity contribution in [2.24, 2.45) is 5.41 Å². The van der Waals surface area contributed by atoms with E-state index in [4.69, 9.17) is 35.2 Å². The predicted molar refractivity (Wildman–Crippen MR) is 253 cm³/mol. The molecule has 8 rings (SSSR count). The Bertz CT molecular complexity index is 2580. The van der Waals surface area contributed by atoms with E-state index in [1.165, 1.54) is 24.0 Å². The second kappa shape index (κ2) is 18.3. The molecule has 2 atom stereocenters. The predicted octanol–water partition coefficient (Wildman–Crippen LogP) is 11.5. The van der Waals surface area contributed by atoms with E-state index in [9.17, 15) is 9.90 Å². The maximum atomic E-state index is 17.8. The number of ether oxygens (including phenoxy) is 3. The van der Waals surface area contributed by atoms with Crippen molar-refractivity contribution in [2.75, 3.05) is 50.3 Å². The molecule has 12 nitrogen and oxygen atoms in total. The first-order valence-corrected chi connectivity index (χ1v) is 25.7. The molecule has 1 saturated carbocycles. The topological polar surface area (TPSA) is 123 Å². The van der Waals surface area contributed by atoms with Crippen molar-refractivity contribution in [1.82, 2.24) is 19.9 Å². The molecule has 5 aromatic rings. The van der Waals surface area contributed by atoms with Gasteiger partial charge in [-0.25, -0.2) is 14.2 Å². The highest BCUT2D eigenvalue weighted by Crippen LogP contribution is 2.49. The van der Waals surface area contributed by atoms with Gasteiger partial charge in [-0.15, -0.1) is 0 Å². The number of halogens is 5. The number of methoxy groups -OCH3 is 2. The van der Waals surface area contributed by atoms with Gasteiger partial charge in [-0.3, -0.25) is 4.90 Å². The Morgan fingerprint density at radius 2 is 1.46 bits per heavy atom. The first kappa shape index (κ1) is 48.1. The zero-order chi connectivity index (χ0) is 48.2. The smallest absolute Gasteiger partial charge is 0.418 e. The van der Waals surface area contributed by atoms with E-state index < -0.39 is 43.2 Å². The van der Waals surface area contributed by atoms with Crippen LogP contribution in [0.4, 0.5) is 34.0 Å². The van der Waals surface area contributed by atoms with Crippen molar-refractivity contribution >= 4 is 48.6 Å². The molecule has 2 unspecified atom stereocenters. The zero-order valence-electron chi connectivity index (χ0n) is 39.1. The van der Waals surface area contributed by atoms with Crippen LogP contribution in [0.25, 0.3) is 22.2 Å². The number of aromatic nitrogens is 3. The quantitative estimate of drug-likeness (QED) is 0.0797. The van der Waals surface area contributed by atoms with Crippen LogP contribution in [-0.4, -0.2) is 92.0 Å². The van der Waals surface area contributed by atoms with Gasteiger partial charge in [0.25, 0.3) is 0 Å². The molecule has 67 heavy (non-hydrogen) atoms. The second-order valence-corrected chi connectivity index (χ2v) is 24.9. The molecule has 18 heteroatoms. The Balaban J connectivity index is 1.24. The molecule has 4 heterocycles. The molecule has 0 radical (unpaired) electrons. The lowest BCUT2D eigenvalue weighted by Crippen LogP contribution is -2.55. The van der Waals surface area contributed by atoms with Gasteiger partial charge in [0.2, 0.25) is 0 Å². The van der Waals surface area contributed by atoms with Gasteiger partial charge < -0.3 is 33.5 Å². The van der Waals surface area contributed by atoms with Gasteiger partial charge in [0.15, 0.2) is 14.1 Å². The Kier molecular flexibility index (Phi) is 13.1. The number of hydrogen-bond donors (Lipinski definition) is 1. The van der Waals surface area contributed by atoms with Gasteiger partial charge in [0, 0.05) is 43.6 Å². The van der Waals surface area contributed by atoms with Crippen molar-refractivity contribution in [3.8, 4) is 28.8 Å². The van der Waals surface area contributed by atoms with Crippen molar-refractivity contribution in [2.45, 2.75) is 103 Å². The van der Waals surface area contributed by atoms with Crippen molar-refractivity contribution in [3.63, 3.8) is 0 Å². The standard InChI is InChI=1S/C49H57ClF4N6O6Si/c1-29-21-38(58(23-30-9-15-34(63-5)16-10-30)24-31-11-17-35(64-6)18-12-31)55-43(40(29)49(52,53)54)39-37(50)22-36-42(41(39)51)56-45(65-27-48(19-20-48)28-66-67(7,8)47(2,3)4)57-44(36)59-25-32-13-14-33(26-59)60(32)46(61)62/h9-12,15-18,21-22,32-33H,13-14,19-20,23-28H2,1-8H3,(H,61,62). The average Bonchev–Trinajstić information content (AvgIpc) is 4.00. The molecule has 0 spiro atoms. The van der Waals surface area contributed by atoms with Crippen LogP contribution in [0.5, 0.6) is 17.5 Å². The van der Waals surface area contributed by atoms with Crippen LogP contribution in [0.3, 0.4) is 0 Å². The van der Waals surface area contributed by atoms with Gasteiger partial charge in [-0.2, -0.15) is 23.1 Å². The van der Waals surface area contributed by atoms with E-state index in [-0.39, 0.29) is 94.5 Å². The van der Waals surface area contributed by atoms with Crippen molar-refractivity contribution < 1.29 is 46.1 Å². The van der Waals surface area contributed by atoms with Gasteiger partial charge in [-0.1, -0.05) is 56.6 Å². The molecule has 2 aliphatic heterocycles. The molecule has 3 aliphatic rings. The molecule has 2 aromatic heterocycles. The monoisotopic (exact) mass is 964 g/mol. The lowest BCUT2D eigenvalue weighted by molar-refractivity contribution is -0.137. The molecule has 358 valence electrons. The van der Waals surface area contributed by atoms with E-state index >= 15 is 17.6 Å². The van der Waals surface area contributed by atoms with Crippen LogP contribution in [0.2, 0.25) is 23.2 Å². The minimum Gasteiger partial charge on any atom is -0.497 e. The van der Waals surface area contributed by atoms with Crippen LogP contribution < -0.4 is 24.0 Å². The number of alkyl halides is 3.